The number of nitrogens with one attached hydrogen (secondary N) is 1. The molecule has 0 saturated carbocycles. The van der Waals surface area contributed by atoms with E-state index in [1.165, 1.54) is 6.33 Å². The van der Waals surface area contributed by atoms with Gasteiger partial charge in [-0.15, -0.1) is 0 Å². The van der Waals surface area contributed by atoms with Crippen molar-refractivity contribution in [2.75, 3.05) is 11.9 Å². The quantitative estimate of drug-likeness (QED) is 0.934. The lowest BCUT2D eigenvalue weighted by atomic mass is 9.99. The second kappa shape index (κ2) is 6.46. The summed E-state index contributed by atoms with van der Waals surface area (Å²) in [5, 5.41) is 3.08. The molecule has 0 spiro atoms. The van der Waals surface area contributed by atoms with Gasteiger partial charge in [0.05, 0.1) is 29.8 Å². The average molecular weight is 298 g/mol. The van der Waals surface area contributed by atoms with Crippen molar-refractivity contribution in [1.82, 2.24) is 24.8 Å². The van der Waals surface area contributed by atoms with Gasteiger partial charge in [0.1, 0.15) is 6.33 Å². The molecule has 1 aliphatic heterocycles. The SMILES string of the molecule is CC(=O)N1CCCCC1c1ccnc(Nc2cncnc2)n1. The number of anilines is 2. The molecule has 22 heavy (non-hydrogen) atoms. The minimum absolute atomic E-state index is 0.0295. The van der Waals surface area contributed by atoms with Gasteiger partial charge in [-0.25, -0.2) is 19.9 Å². The Bertz CT molecular complexity index is 647. The summed E-state index contributed by atoms with van der Waals surface area (Å²) in [4.78, 5) is 30.4. The zero-order valence-corrected chi connectivity index (χ0v) is 12.4. The second-order valence-electron chi connectivity index (χ2n) is 5.28. The number of rotatable bonds is 3. The third-order valence-electron chi connectivity index (χ3n) is 3.74. The molecule has 1 unspecified atom stereocenters. The van der Waals surface area contributed by atoms with Crippen LogP contribution in [0.4, 0.5) is 11.6 Å². The number of amides is 1. The first-order valence-corrected chi connectivity index (χ1v) is 7.36. The Balaban J connectivity index is 1.82. The zero-order valence-electron chi connectivity index (χ0n) is 12.4. The lowest BCUT2D eigenvalue weighted by molar-refractivity contribution is -0.132. The van der Waals surface area contributed by atoms with Crippen molar-refractivity contribution < 1.29 is 4.79 Å². The van der Waals surface area contributed by atoms with E-state index in [1.807, 2.05) is 11.0 Å². The van der Waals surface area contributed by atoms with Crippen LogP contribution in [-0.4, -0.2) is 37.3 Å². The Morgan fingerprint density at radius 1 is 1.32 bits per heavy atom. The zero-order chi connectivity index (χ0) is 15.4. The van der Waals surface area contributed by atoms with E-state index < -0.39 is 0 Å². The summed E-state index contributed by atoms with van der Waals surface area (Å²) in [5.74, 6) is 0.579. The first-order chi connectivity index (χ1) is 10.7. The lowest BCUT2D eigenvalue weighted by Crippen LogP contribution is -2.37. The Labute approximate surface area is 128 Å². The van der Waals surface area contributed by atoms with Gasteiger partial charge in [0.15, 0.2) is 0 Å². The van der Waals surface area contributed by atoms with E-state index in [0.29, 0.717) is 5.95 Å². The summed E-state index contributed by atoms with van der Waals surface area (Å²) >= 11 is 0. The van der Waals surface area contributed by atoms with E-state index in [9.17, 15) is 4.79 Å². The van der Waals surface area contributed by atoms with Crippen LogP contribution < -0.4 is 5.32 Å². The van der Waals surface area contributed by atoms with E-state index in [2.05, 4.69) is 25.3 Å². The van der Waals surface area contributed by atoms with Crippen LogP contribution in [0, 0.1) is 0 Å². The van der Waals surface area contributed by atoms with E-state index in [1.54, 1.807) is 25.5 Å². The van der Waals surface area contributed by atoms with E-state index >= 15 is 0 Å². The van der Waals surface area contributed by atoms with Crippen LogP contribution in [0.2, 0.25) is 0 Å². The van der Waals surface area contributed by atoms with Gasteiger partial charge in [-0.05, 0) is 25.3 Å². The van der Waals surface area contributed by atoms with E-state index in [-0.39, 0.29) is 11.9 Å². The van der Waals surface area contributed by atoms with Crippen molar-refractivity contribution in [1.29, 1.82) is 0 Å². The number of nitrogens with zero attached hydrogens (tertiary/aromatic N) is 5. The second-order valence-corrected chi connectivity index (χ2v) is 5.28. The maximum absolute atomic E-state index is 11.8. The molecule has 1 aliphatic rings. The summed E-state index contributed by atoms with van der Waals surface area (Å²) in [6, 6.07) is 1.90. The van der Waals surface area contributed by atoms with Gasteiger partial charge in [0, 0.05) is 19.7 Å². The van der Waals surface area contributed by atoms with Gasteiger partial charge in [0.2, 0.25) is 11.9 Å². The third kappa shape index (κ3) is 3.19. The van der Waals surface area contributed by atoms with Crippen LogP contribution in [0.25, 0.3) is 0 Å². The van der Waals surface area contributed by atoms with E-state index in [4.69, 9.17) is 0 Å². The summed E-state index contributed by atoms with van der Waals surface area (Å²) < 4.78 is 0. The van der Waals surface area contributed by atoms with Crippen molar-refractivity contribution in [3.05, 3.63) is 36.7 Å². The van der Waals surface area contributed by atoms with Crippen molar-refractivity contribution in [3.8, 4) is 0 Å². The maximum atomic E-state index is 11.8. The molecule has 2 aromatic heterocycles. The van der Waals surface area contributed by atoms with E-state index in [0.717, 1.165) is 37.2 Å². The van der Waals surface area contributed by atoms with Crippen molar-refractivity contribution in [2.45, 2.75) is 32.2 Å². The topological polar surface area (TPSA) is 83.9 Å². The molecule has 1 amide bonds. The van der Waals surface area contributed by atoms with Crippen LogP contribution in [0.3, 0.4) is 0 Å². The summed E-state index contributed by atoms with van der Waals surface area (Å²) in [7, 11) is 0. The fourth-order valence-electron chi connectivity index (χ4n) is 2.73. The van der Waals surface area contributed by atoms with Crippen molar-refractivity contribution in [3.63, 3.8) is 0 Å². The molecule has 3 heterocycles. The molecular formula is C15H18N6O. The van der Waals surface area contributed by atoms with Gasteiger partial charge in [-0.2, -0.15) is 0 Å². The van der Waals surface area contributed by atoms with Gasteiger partial charge < -0.3 is 10.2 Å². The Kier molecular flexibility index (Phi) is 4.22. The van der Waals surface area contributed by atoms with Crippen LogP contribution in [-0.2, 0) is 4.79 Å². The fourth-order valence-corrected chi connectivity index (χ4v) is 2.73. The summed E-state index contributed by atoms with van der Waals surface area (Å²) in [6.07, 6.45) is 9.58. The molecule has 1 atom stereocenters. The molecule has 0 radical (unpaired) electrons. The van der Waals surface area contributed by atoms with Crippen LogP contribution in [0.5, 0.6) is 0 Å². The predicted octanol–water partition coefficient (Wildman–Crippen LogP) is 2.08. The highest BCUT2D eigenvalue weighted by atomic mass is 16.2. The van der Waals surface area contributed by atoms with Crippen LogP contribution in [0.1, 0.15) is 37.9 Å². The highest BCUT2D eigenvalue weighted by Gasteiger charge is 2.27. The Hall–Kier alpha value is -2.57. The highest BCUT2D eigenvalue weighted by molar-refractivity contribution is 5.73. The Morgan fingerprint density at radius 3 is 2.91 bits per heavy atom. The van der Waals surface area contributed by atoms with Crippen LogP contribution in [0.15, 0.2) is 31.0 Å². The molecule has 114 valence electrons. The van der Waals surface area contributed by atoms with Gasteiger partial charge in [-0.1, -0.05) is 0 Å². The smallest absolute Gasteiger partial charge is 0.227 e. The minimum atomic E-state index is 0.0295. The Morgan fingerprint density at radius 2 is 2.14 bits per heavy atom. The number of aromatic nitrogens is 4. The normalized spacial score (nSPS) is 18.0. The molecule has 1 fully saturated rings. The molecule has 0 bridgehead atoms. The number of carbonyl (C=O) groups is 1. The summed E-state index contributed by atoms with van der Waals surface area (Å²) in [6.45, 7) is 2.40. The number of hydrogen-bond acceptors (Lipinski definition) is 6. The third-order valence-corrected chi connectivity index (χ3v) is 3.74. The molecule has 3 rings (SSSR count). The minimum Gasteiger partial charge on any atom is -0.334 e. The molecule has 2 aromatic rings. The van der Waals surface area contributed by atoms with Gasteiger partial charge in [0.25, 0.3) is 0 Å². The molecule has 0 aromatic carbocycles. The van der Waals surface area contributed by atoms with Crippen molar-refractivity contribution in [2.24, 2.45) is 0 Å². The lowest BCUT2D eigenvalue weighted by Gasteiger charge is -2.34. The van der Waals surface area contributed by atoms with Gasteiger partial charge in [-0.3, -0.25) is 4.79 Å². The van der Waals surface area contributed by atoms with Crippen molar-refractivity contribution >= 4 is 17.5 Å². The maximum Gasteiger partial charge on any atom is 0.227 e. The predicted molar refractivity (Wildman–Crippen MR) is 81.3 cm³/mol. The highest BCUT2D eigenvalue weighted by Crippen LogP contribution is 2.30. The first kappa shape index (κ1) is 14.4. The van der Waals surface area contributed by atoms with Crippen LogP contribution >= 0.6 is 0 Å². The molecule has 1 saturated heterocycles. The number of likely N-dealkylation sites (tertiary alicyclic amines) is 1. The molecule has 7 heteroatoms. The number of piperidine rings is 1. The molecular weight excluding hydrogens is 280 g/mol. The molecule has 0 aliphatic carbocycles. The first-order valence-electron chi connectivity index (χ1n) is 7.36. The summed E-state index contributed by atoms with van der Waals surface area (Å²) in [5.41, 5.74) is 1.59. The largest absolute Gasteiger partial charge is 0.334 e. The molecule has 1 N–H and O–H groups in total. The van der Waals surface area contributed by atoms with Gasteiger partial charge >= 0.3 is 0 Å². The standard InChI is InChI=1S/C15H18N6O/c1-11(22)21-7-3-2-4-14(21)13-5-6-18-15(20-13)19-12-8-16-10-17-9-12/h5-6,8-10,14H,2-4,7H2,1H3,(H,18,19,20). The monoisotopic (exact) mass is 298 g/mol. The number of carbonyl (C=O) groups excluding carboxylic acids is 1. The average Bonchev–Trinajstić information content (AvgIpc) is 2.56. The molecule has 7 nitrogen and oxygen atoms in total. The fraction of sp³-hybridized carbons (Fsp3) is 0.400. The number of hydrogen-bond donors (Lipinski definition) is 1.